The number of nitrogens with zero attached hydrogens (tertiary/aromatic N) is 1. The fraction of sp³-hybridized carbons (Fsp3) is 0.500. The number of nitrogens with one attached hydrogen (secondary N) is 1. The van der Waals surface area contributed by atoms with Crippen molar-refractivity contribution in [2.45, 2.75) is 25.3 Å². The summed E-state index contributed by atoms with van der Waals surface area (Å²) in [5, 5.41) is 5.36. The Bertz CT molecular complexity index is 417. The molecule has 0 radical (unpaired) electrons. The molecular formula is C14H20N2OS. The van der Waals surface area contributed by atoms with E-state index in [4.69, 9.17) is 0 Å². The van der Waals surface area contributed by atoms with Gasteiger partial charge in [0.1, 0.15) is 0 Å². The molecule has 3 nitrogen and oxygen atoms in total. The van der Waals surface area contributed by atoms with Crippen LogP contribution in [0.1, 0.15) is 24.6 Å². The smallest absolute Gasteiger partial charge is 0.246 e. The SMILES string of the molecule is CNC1(C)CCN(C(=O)/C=C/c2cccs2)CC1. The molecule has 98 valence electrons. The van der Waals surface area contributed by atoms with Crippen LogP contribution in [0.4, 0.5) is 0 Å². The van der Waals surface area contributed by atoms with Crippen molar-refractivity contribution in [3.8, 4) is 0 Å². The second-order valence-corrected chi connectivity index (χ2v) is 5.96. The van der Waals surface area contributed by atoms with Gasteiger partial charge in [-0.15, -0.1) is 11.3 Å². The Morgan fingerprint density at radius 3 is 2.78 bits per heavy atom. The number of hydrogen-bond donors (Lipinski definition) is 1. The van der Waals surface area contributed by atoms with Crippen molar-refractivity contribution in [1.29, 1.82) is 0 Å². The number of amides is 1. The van der Waals surface area contributed by atoms with E-state index in [0.717, 1.165) is 30.8 Å². The number of hydrogen-bond acceptors (Lipinski definition) is 3. The van der Waals surface area contributed by atoms with Gasteiger partial charge in [-0.05, 0) is 44.3 Å². The van der Waals surface area contributed by atoms with Crippen LogP contribution in [0.5, 0.6) is 0 Å². The van der Waals surface area contributed by atoms with Gasteiger partial charge in [0.25, 0.3) is 0 Å². The van der Waals surface area contributed by atoms with Crippen LogP contribution in [0.2, 0.25) is 0 Å². The van der Waals surface area contributed by atoms with Crippen molar-refractivity contribution in [3.63, 3.8) is 0 Å². The molecule has 1 saturated heterocycles. The van der Waals surface area contributed by atoms with Gasteiger partial charge in [-0.2, -0.15) is 0 Å². The lowest BCUT2D eigenvalue weighted by Crippen LogP contribution is -2.51. The predicted octanol–water partition coefficient (Wildman–Crippen LogP) is 2.36. The van der Waals surface area contributed by atoms with Crippen molar-refractivity contribution >= 4 is 23.3 Å². The van der Waals surface area contributed by atoms with Crippen molar-refractivity contribution < 1.29 is 4.79 Å². The average molecular weight is 264 g/mol. The molecule has 0 bridgehead atoms. The molecule has 1 aliphatic rings. The first-order valence-corrected chi connectivity index (χ1v) is 7.20. The summed E-state index contributed by atoms with van der Waals surface area (Å²) in [7, 11) is 1.99. The maximum atomic E-state index is 12.0. The first-order chi connectivity index (χ1) is 8.63. The summed E-state index contributed by atoms with van der Waals surface area (Å²) in [6, 6.07) is 4.01. The molecule has 18 heavy (non-hydrogen) atoms. The molecule has 1 amide bonds. The number of thiophene rings is 1. The number of carbonyl (C=O) groups is 1. The van der Waals surface area contributed by atoms with E-state index in [0.29, 0.717) is 0 Å². The molecule has 1 fully saturated rings. The second kappa shape index (κ2) is 5.67. The van der Waals surface area contributed by atoms with Gasteiger partial charge >= 0.3 is 0 Å². The molecule has 0 spiro atoms. The molecule has 1 N–H and O–H groups in total. The Morgan fingerprint density at radius 2 is 2.22 bits per heavy atom. The molecule has 1 aliphatic heterocycles. The van der Waals surface area contributed by atoms with Crippen molar-refractivity contribution in [2.75, 3.05) is 20.1 Å². The van der Waals surface area contributed by atoms with Crippen LogP contribution < -0.4 is 5.32 Å². The lowest BCUT2D eigenvalue weighted by Gasteiger charge is -2.38. The van der Waals surface area contributed by atoms with E-state index in [1.165, 1.54) is 0 Å². The lowest BCUT2D eigenvalue weighted by molar-refractivity contribution is -0.127. The zero-order chi connectivity index (χ0) is 13.0. The van der Waals surface area contributed by atoms with Crippen molar-refractivity contribution in [1.82, 2.24) is 10.2 Å². The monoisotopic (exact) mass is 264 g/mol. The topological polar surface area (TPSA) is 32.3 Å². The van der Waals surface area contributed by atoms with Crippen LogP contribution >= 0.6 is 11.3 Å². The molecule has 0 aliphatic carbocycles. The van der Waals surface area contributed by atoms with Crippen LogP contribution in [-0.2, 0) is 4.79 Å². The maximum Gasteiger partial charge on any atom is 0.246 e. The van der Waals surface area contributed by atoms with Gasteiger partial charge in [-0.3, -0.25) is 4.79 Å². The molecular weight excluding hydrogens is 244 g/mol. The van der Waals surface area contributed by atoms with E-state index in [1.807, 2.05) is 35.5 Å². The van der Waals surface area contributed by atoms with Crippen LogP contribution in [0.15, 0.2) is 23.6 Å². The Balaban J connectivity index is 1.88. The van der Waals surface area contributed by atoms with Gasteiger partial charge in [-0.1, -0.05) is 6.07 Å². The van der Waals surface area contributed by atoms with Crippen LogP contribution in [0.25, 0.3) is 6.08 Å². The van der Waals surface area contributed by atoms with E-state index < -0.39 is 0 Å². The lowest BCUT2D eigenvalue weighted by atomic mass is 9.90. The standard InChI is InChI=1S/C14H20N2OS/c1-14(15-2)7-9-16(10-8-14)13(17)6-5-12-4-3-11-18-12/h3-6,11,15H,7-10H2,1-2H3/b6-5+. The number of likely N-dealkylation sites (tertiary alicyclic amines) is 1. The minimum Gasteiger partial charge on any atom is -0.339 e. The molecule has 0 atom stereocenters. The molecule has 4 heteroatoms. The second-order valence-electron chi connectivity index (χ2n) is 4.98. The van der Waals surface area contributed by atoms with Gasteiger partial charge in [0.15, 0.2) is 0 Å². The minimum atomic E-state index is 0.126. The summed E-state index contributed by atoms with van der Waals surface area (Å²) in [6.45, 7) is 3.90. The summed E-state index contributed by atoms with van der Waals surface area (Å²) < 4.78 is 0. The summed E-state index contributed by atoms with van der Waals surface area (Å²) in [5.74, 6) is 0.126. The first-order valence-electron chi connectivity index (χ1n) is 6.32. The highest BCUT2D eigenvalue weighted by Gasteiger charge is 2.29. The highest BCUT2D eigenvalue weighted by Crippen LogP contribution is 2.21. The largest absolute Gasteiger partial charge is 0.339 e. The quantitative estimate of drug-likeness (QED) is 0.850. The molecule has 1 aromatic rings. The molecule has 0 aromatic carbocycles. The van der Waals surface area contributed by atoms with E-state index >= 15 is 0 Å². The van der Waals surface area contributed by atoms with Gasteiger partial charge in [0.05, 0.1) is 0 Å². The normalized spacial score (nSPS) is 19.3. The predicted molar refractivity (Wildman–Crippen MR) is 76.6 cm³/mol. The summed E-state index contributed by atoms with van der Waals surface area (Å²) in [5.41, 5.74) is 0.189. The van der Waals surface area contributed by atoms with Crippen LogP contribution in [0.3, 0.4) is 0 Å². The highest BCUT2D eigenvalue weighted by molar-refractivity contribution is 7.10. The fourth-order valence-electron chi connectivity index (χ4n) is 2.12. The minimum absolute atomic E-state index is 0.126. The molecule has 0 saturated carbocycles. The third kappa shape index (κ3) is 3.21. The van der Waals surface area contributed by atoms with Crippen LogP contribution in [0, 0.1) is 0 Å². The number of carbonyl (C=O) groups excluding carboxylic acids is 1. The summed E-state index contributed by atoms with van der Waals surface area (Å²) >= 11 is 1.65. The number of piperidine rings is 1. The van der Waals surface area contributed by atoms with E-state index in [1.54, 1.807) is 17.4 Å². The Hall–Kier alpha value is -1.13. The first kappa shape index (κ1) is 13.3. The Kier molecular flexibility index (Phi) is 4.19. The van der Waals surface area contributed by atoms with E-state index in [-0.39, 0.29) is 11.4 Å². The van der Waals surface area contributed by atoms with Gasteiger partial charge in [0.2, 0.25) is 5.91 Å². The van der Waals surface area contributed by atoms with Crippen LogP contribution in [-0.4, -0.2) is 36.5 Å². The third-order valence-electron chi connectivity index (χ3n) is 3.72. The zero-order valence-electron chi connectivity index (χ0n) is 11.0. The van der Waals surface area contributed by atoms with Gasteiger partial charge in [-0.25, -0.2) is 0 Å². The molecule has 1 aromatic heterocycles. The van der Waals surface area contributed by atoms with Gasteiger partial charge < -0.3 is 10.2 Å². The van der Waals surface area contributed by atoms with E-state index in [2.05, 4.69) is 12.2 Å². The Labute approximate surface area is 112 Å². The van der Waals surface area contributed by atoms with Gasteiger partial charge in [0, 0.05) is 29.6 Å². The maximum absolute atomic E-state index is 12.0. The summed E-state index contributed by atoms with van der Waals surface area (Å²) in [4.78, 5) is 15.1. The van der Waals surface area contributed by atoms with E-state index in [9.17, 15) is 4.79 Å². The van der Waals surface area contributed by atoms with Crippen molar-refractivity contribution in [2.24, 2.45) is 0 Å². The average Bonchev–Trinajstić information content (AvgIpc) is 2.90. The Morgan fingerprint density at radius 1 is 1.50 bits per heavy atom. The molecule has 2 heterocycles. The van der Waals surface area contributed by atoms with Crippen molar-refractivity contribution in [3.05, 3.63) is 28.5 Å². The zero-order valence-corrected chi connectivity index (χ0v) is 11.8. The molecule has 2 rings (SSSR count). The highest BCUT2D eigenvalue weighted by atomic mass is 32.1. The third-order valence-corrected chi connectivity index (χ3v) is 4.55. The fourth-order valence-corrected chi connectivity index (χ4v) is 2.73. The summed E-state index contributed by atoms with van der Waals surface area (Å²) in [6.07, 6.45) is 5.62. The number of rotatable bonds is 3. The molecule has 0 unspecified atom stereocenters.